The summed E-state index contributed by atoms with van der Waals surface area (Å²) in [5.41, 5.74) is 0.304. The van der Waals surface area contributed by atoms with E-state index in [0.717, 1.165) is 0 Å². The lowest BCUT2D eigenvalue weighted by atomic mass is 10.1. The van der Waals surface area contributed by atoms with Gasteiger partial charge >= 0.3 is 5.97 Å². The maximum atomic E-state index is 13.1. The average molecular weight is 212 g/mol. The Hall–Kier alpha value is -1.42. The second kappa shape index (κ2) is 5.46. The molecule has 1 aromatic rings. The van der Waals surface area contributed by atoms with Crippen molar-refractivity contribution < 1.29 is 19.0 Å². The Bertz CT molecular complexity index is 338. The van der Waals surface area contributed by atoms with Crippen LogP contribution in [-0.2, 0) is 16.0 Å². The topological polar surface area (TPSA) is 46.5 Å². The van der Waals surface area contributed by atoms with E-state index in [4.69, 9.17) is 0 Å². The molecule has 0 heterocycles. The van der Waals surface area contributed by atoms with Crippen LogP contribution < -0.4 is 0 Å². The SMILES string of the molecule is CCOC(=O)[C@H](O)Cc1ccccc1F. The highest BCUT2D eigenvalue weighted by atomic mass is 19.1. The first-order valence-corrected chi connectivity index (χ1v) is 4.73. The molecule has 0 saturated heterocycles. The predicted molar refractivity (Wildman–Crippen MR) is 52.7 cm³/mol. The Morgan fingerprint density at radius 3 is 2.80 bits per heavy atom. The Kier molecular flexibility index (Phi) is 4.24. The van der Waals surface area contributed by atoms with Gasteiger partial charge in [0, 0.05) is 6.42 Å². The van der Waals surface area contributed by atoms with Crippen molar-refractivity contribution in [2.24, 2.45) is 0 Å². The van der Waals surface area contributed by atoms with E-state index >= 15 is 0 Å². The van der Waals surface area contributed by atoms with Crippen LogP contribution >= 0.6 is 0 Å². The number of halogens is 1. The lowest BCUT2D eigenvalue weighted by Crippen LogP contribution is -2.25. The van der Waals surface area contributed by atoms with Gasteiger partial charge in [-0.15, -0.1) is 0 Å². The molecule has 0 bridgehead atoms. The molecular formula is C11H13FO3. The molecular weight excluding hydrogens is 199 g/mol. The van der Waals surface area contributed by atoms with E-state index in [1.54, 1.807) is 19.1 Å². The summed E-state index contributed by atoms with van der Waals surface area (Å²) in [7, 11) is 0. The number of carbonyl (C=O) groups is 1. The summed E-state index contributed by atoms with van der Waals surface area (Å²) < 4.78 is 17.7. The van der Waals surface area contributed by atoms with Gasteiger partial charge in [0.05, 0.1) is 6.61 Å². The second-order valence-corrected chi connectivity index (χ2v) is 3.06. The van der Waals surface area contributed by atoms with E-state index in [1.807, 2.05) is 0 Å². The van der Waals surface area contributed by atoms with E-state index < -0.39 is 17.9 Å². The third-order valence-corrected chi connectivity index (χ3v) is 1.93. The van der Waals surface area contributed by atoms with E-state index in [9.17, 15) is 14.3 Å². The first kappa shape index (κ1) is 11.7. The second-order valence-electron chi connectivity index (χ2n) is 3.06. The molecule has 15 heavy (non-hydrogen) atoms. The summed E-state index contributed by atoms with van der Waals surface area (Å²) in [6.07, 6.45) is -1.37. The Labute approximate surface area is 87.5 Å². The minimum atomic E-state index is -1.30. The first-order valence-electron chi connectivity index (χ1n) is 4.73. The lowest BCUT2D eigenvalue weighted by Gasteiger charge is -2.09. The van der Waals surface area contributed by atoms with Crippen LogP contribution in [0.15, 0.2) is 24.3 Å². The average Bonchev–Trinajstić information content (AvgIpc) is 2.21. The van der Waals surface area contributed by atoms with E-state index in [-0.39, 0.29) is 13.0 Å². The van der Waals surface area contributed by atoms with Gasteiger partial charge in [0.1, 0.15) is 5.82 Å². The quantitative estimate of drug-likeness (QED) is 0.765. The highest BCUT2D eigenvalue weighted by Gasteiger charge is 2.17. The van der Waals surface area contributed by atoms with Gasteiger partial charge in [-0.3, -0.25) is 0 Å². The fraction of sp³-hybridized carbons (Fsp3) is 0.364. The summed E-state index contributed by atoms with van der Waals surface area (Å²) in [5.74, 6) is -1.15. The zero-order chi connectivity index (χ0) is 11.3. The summed E-state index contributed by atoms with van der Waals surface area (Å²) in [6, 6.07) is 6.01. The summed E-state index contributed by atoms with van der Waals surface area (Å²) in [5, 5.41) is 9.39. The Balaban J connectivity index is 2.62. The molecule has 0 aliphatic carbocycles. The maximum Gasteiger partial charge on any atom is 0.335 e. The maximum absolute atomic E-state index is 13.1. The lowest BCUT2D eigenvalue weighted by molar-refractivity contribution is -0.152. The number of aliphatic hydroxyl groups excluding tert-OH is 1. The van der Waals surface area contributed by atoms with Crippen LogP contribution in [0.4, 0.5) is 4.39 Å². The Morgan fingerprint density at radius 1 is 1.53 bits per heavy atom. The van der Waals surface area contributed by atoms with Crippen LogP contribution in [0.3, 0.4) is 0 Å². The Morgan fingerprint density at radius 2 is 2.20 bits per heavy atom. The number of aliphatic hydroxyl groups is 1. The predicted octanol–water partition coefficient (Wildman–Crippen LogP) is 1.29. The third kappa shape index (κ3) is 3.32. The number of rotatable bonds is 4. The fourth-order valence-corrected chi connectivity index (χ4v) is 1.19. The van der Waals surface area contributed by atoms with Crippen molar-refractivity contribution in [3.8, 4) is 0 Å². The van der Waals surface area contributed by atoms with Crippen molar-refractivity contribution in [3.05, 3.63) is 35.6 Å². The number of esters is 1. The molecule has 1 aromatic carbocycles. The van der Waals surface area contributed by atoms with Crippen molar-refractivity contribution in [1.29, 1.82) is 0 Å². The van der Waals surface area contributed by atoms with Gasteiger partial charge in [-0.2, -0.15) is 0 Å². The van der Waals surface area contributed by atoms with Crippen LogP contribution in [0.25, 0.3) is 0 Å². The third-order valence-electron chi connectivity index (χ3n) is 1.93. The van der Waals surface area contributed by atoms with Crippen molar-refractivity contribution in [2.75, 3.05) is 6.61 Å². The van der Waals surface area contributed by atoms with Gasteiger partial charge in [-0.05, 0) is 18.6 Å². The molecule has 0 aliphatic heterocycles. The zero-order valence-electron chi connectivity index (χ0n) is 8.44. The van der Waals surface area contributed by atoms with Gasteiger partial charge in [0.15, 0.2) is 6.10 Å². The molecule has 0 saturated carbocycles. The van der Waals surface area contributed by atoms with Crippen molar-refractivity contribution in [1.82, 2.24) is 0 Å². The van der Waals surface area contributed by atoms with Crippen LogP contribution in [-0.4, -0.2) is 23.8 Å². The number of benzene rings is 1. The van der Waals surface area contributed by atoms with Gasteiger partial charge in [-0.1, -0.05) is 18.2 Å². The summed E-state index contributed by atoms with van der Waals surface area (Å²) in [6.45, 7) is 1.85. The van der Waals surface area contributed by atoms with Gasteiger partial charge < -0.3 is 9.84 Å². The molecule has 0 unspecified atom stereocenters. The normalized spacial score (nSPS) is 12.2. The van der Waals surface area contributed by atoms with Crippen LogP contribution in [0, 0.1) is 5.82 Å². The monoisotopic (exact) mass is 212 g/mol. The molecule has 4 heteroatoms. The number of carbonyl (C=O) groups excluding carboxylic acids is 1. The van der Waals surface area contributed by atoms with Crippen molar-refractivity contribution in [3.63, 3.8) is 0 Å². The first-order chi connectivity index (χ1) is 7.15. The molecule has 1 atom stereocenters. The number of hydrogen-bond donors (Lipinski definition) is 1. The molecule has 82 valence electrons. The van der Waals surface area contributed by atoms with Crippen molar-refractivity contribution >= 4 is 5.97 Å². The zero-order valence-corrected chi connectivity index (χ0v) is 8.44. The number of ether oxygens (including phenoxy) is 1. The molecule has 0 aromatic heterocycles. The summed E-state index contributed by atoms with van der Waals surface area (Å²) >= 11 is 0. The molecule has 0 fully saturated rings. The molecule has 3 nitrogen and oxygen atoms in total. The molecule has 0 amide bonds. The van der Waals surface area contributed by atoms with E-state index in [1.165, 1.54) is 12.1 Å². The van der Waals surface area contributed by atoms with Crippen molar-refractivity contribution in [2.45, 2.75) is 19.4 Å². The van der Waals surface area contributed by atoms with E-state index in [2.05, 4.69) is 4.74 Å². The highest BCUT2D eigenvalue weighted by molar-refractivity contribution is 5.74. The molecule has 0 aliphatic rings. The van der Waals surface area contributed by atoms with Crippen LogP contribution in [0.5, 0.6) is 0 Å². The molecule has 1 N–H and O–H groups in total. The fourth-order valence-electron chi connectivity index (χ4n) is 1.19. The molecule has 0 spiro atoms. The van der Waals surface area contributed by atoms with E-state index in [0.29, 0.717) is 5.56 Å². The smallest absolute Gasteiger partial charge is 0.335 e. The van der Waals surface area contributed by atoms with Crippen LogP contribution in [0.1, 0.15) is 12.5 Å². The standard InChI is InChI=1S/C11H13FO3/c1-2-15-11(14)10(13)7-8-5-3-4-6-9(8)12/h3-6,10,13H,2,7H2,1H3/t10-/m1/s1. The van der Waals surface area contributed by atoms with Gasteiger partial charge in [0.2, 0.25) is 0 Å². The molecule has 1 rings (SSSR count). The highest BCUT2D eigenvalue weighted by Crippen LogP contribution is 2.09. The van der Waals surface area contributed by atoms with Gasteiger partial charge in [-0.25, -0.2) is 9.18 Å². The minimum Gasteiger partial charge on any atom is -0.464 e. The molecule has 0 radical (unpaired) electrons. The number of hydrogen-bond acceptors (Lipinski definition) is 3. The minimum absolute atomic E-state index is 0.0640. The van der Waals surface area contributed by atoms with Crippen LogP contribution in [0.2, 0.25) is 0 Å². The summed E-state index contributed by atoms with van der Waals surface area (Å²) in [4.78, 5) is 11.1. The largest absolute Gasteiger partial charge is 0.464 e. The van der Waals surface area contributed by atoms with Gasteiger partial charge in [0.25, 0.3) is 0 Å².